The SMILES string of the molecule is COc1ccc(OCCN2CC(CN)CC2C)cc1.Cl. The summed E-state index contributed by atoms with van der Waals surface area (Å²) >= 11 is 0. The first-order chi connectivity index (χ1) is 9.22. The molecule has 2 unspecified atom stereocenters. The fourth-order valence-electron chi connectivity index (χ4n) is 2.65. The second-order valence-electron chi connectivity index (χ2n) is 5.21. The lowest BCUT2D eigenvalue weighted by Gasteiger charge is -2.21. The third-order valence-corrected chi connectivity index (χ3v) is 3.83. The van der Waals surface area contributed by atoms with Gasteiger partial charge < -0.3 is 15.2 Å². The summed E-state index contributed by atoms with van der Waals surface area (Å²) in [6.45, 7) is 5.84. The van der Waals surface area contributed by atoms with Gasteiger partial charge in [-0.3, -0.25) is 4.90 Å². The molecule has 2 atom stereocenters. The first-order valence-electron chi connectivity index (χ1n) is 6.94. The molecule has 0 radical (unpaired) electrons. The molecule has 0 spiro atoms. The molecule has 1 aromatic carbocycles. The molecule has 1 saturated heterocycles. The molecule has 114 valence electrons. The van der Waals surface area contributed by atoms with Crippen LogP contribution in [0.4, 0.5) is 0 Å². The van der Waals surface area contributed by atoms with Crippen molar-refractivity contribution in [2.45, 2.75) is 19.4 Å². The van der Waals surface area contributed by atoms with E-state index in [4.69, 9.17) is 15.2 Å². The number of hydrogen-bond acceptors (Lipinski definition) is 4. The van der Waals surface area contributed by atoms with Gasteiger partial charge in [0.2, 0.25) is 0 Å². The summed E-state index contributed by atoms with van der Waals surface area (Å²) in [5.41, 5.74) is 5.74. The highest BCUT2D eigenvalue weighted by Crippen LogP contribution is 2.22. The Labute approximate surface area is 127 Å². The minimum absolute atomic E-state index is 0. The summed E-state index contributed by atoms with van der Waals surface area (Å²) < 4.78 is 10.9. The number of nitrogens with two attached hydrogens (primary N) is 1. The molecule has 2 rings (SSSR count). The summed E-state index contributed by atoms with van der Waals surface area (Å²) in [6.07, 6.45) is 1.21. The van der Waals surface area contributed by atoms with Crippen molar-refractivity contribution in [2.75, 3.05) is 33.4 Å². The predicted molar refractivity (Wildman–Crippen MR) is 83.9 cm³/mol. The maximum absolute atomic E-state index is 5.76. The average Bonchev–Trinajstić information content (AvgIpc) is 2.80. The van der Waals surface area contributed by atoms with Gasteiger partial charge in [-0.05, 0) is 50.1 Å². The lowest BCUT2D eigenvalue weighted by atomic mass is 10.1. The van der Waals surface area contributed by atoms with Crippen molar-refractivity contribution in [2.24, 2.45) is 11.7 Å². The van der Waals surface area contributed by atoms with Crippen LogP contribution in [0, 0.1) is 5.92 Å². The summed E-state index contributed by atoms with van der Waals surface area (Å²) in [4.78, 5) is 2.46. The van der Waals surface area contributed by atoms with Gasteiger partial charge in [0.15, 0.2) is 0 Å². The van der Waals surface area contributed by atoms with Crippen LogP contribution in [0.25, 0.3) is 0 Å². The normalized spacial score (nSPS) is 22.4. The Kier molecular flexibility index (Phi) is 7.13. The van der Waals surface area contributed by atoms with Crippen molar-refractivity contribution in [3.8, 4) is 11.5 Å². The van der Waals surface area contributed by atoms with Crippen molar-refractivity contribution in [1.82, 2.24) is 4.90 Å². The second kappa shape index (κ2) is 8.35. The Balaban J connectivity index is 0.00000200. The molecule has 1 aliphatic heterocycles. The van der Waals surface area contributed by atoms with E-state index in [2.05, 4.69) is 11.8 Å². The molecular weight excluding hydrogens is 276 g/mol. The number of ether oxygens (including phenoxy) is 2. The smallest absolute Gasteiger partial charge is 0.119 e. The number of benzene rings is 1. The van der Waals surface area contributed by atoms with Crippen molar-refractivity contribution in [3.05, 3.63) is 24.3 Å². The predicted octanol–water partition coefficient (Wildman–Crippen LogP) is 2.16. The van der Waals surface area contributed by atoms with Crippen LogP contribution in [0.1, 0.15) is 13.3 Å². The second-order valence-corrected chi connectivity index (χ2v) is 5.21. The Hall–Kier alpha value is -0.970. The lowest BCUT2D eigenvalue weighted by molar-refractivity contribution is 0.202. The number of halogens is 1. The standard InChI is InChI=1S/C15H24N2O2.ClH/c1-12-9-13(10-16)11-17(12)7-8-19-15-5-3-14(18-2)4-6-15;/h3-6,12-13H,7-11,16H2,1-2H3;1H. The van der Waals surface area contributed by atoms with Crippen LogP contribution in [0.5, 0.6) is 11.5 Å². The molecule has 2 N–H and O–H groups in total. The Morgan fingerprint density at radius 3 is 2.45 bits per heavy atom. The Morgan fingerprint density at radius 1 is 1.25 bits per heavy atom. The van der Waals surface area contributed by atoms with E-state index in [1.807, 2.05) is 24.3 Å². The fraction of sp³-hybridized carbons (Fsp3) is 0.600. The maximum Gasteiger partial charge on any atom is 0.119 e. The monoisotopic (exact) mass is 300 g/mol. The zero-order valence-electron chi connectivity index (χ0n) is 12.2. The largest absolute Gasteiger partial charge is 0.497 e. The van der Waals surface area contributed by atoms with Crippen molar-refractivity contribution in [1.29, 1.82) is 0 Å². The van der Waals surface area contributed by atoms with Crippen LogP contribution in [-0.2, 0) is 0 Å². The van der Waals surface area contributed by atoms with Gasteiger partial charge in [0.1, 0.15) is 18.1 Å². The highest BCUT2D eigenvalue weighted by Gasteiger charge is 2.27. The molecule has 1 fully saturated rings. The topological polar surface area (TPSA) is 47.7 Å². The van der Waals surface area contributed by atoms with Crippen molar-refractivity contribution >= 4 is 12.4 Å². The van der Waals surface area contributed by atoms with E-state index in [9.17, 15) is 0 Å². The summed E-state index contributed by atoms with van der Waals surface area (Å²) in [5.74, 6) is 2.39. The molecule has 1 aliphatic rings. The first kappa shape index (κ1) is 17.1. The molecule has 0 aromatic heterocycles. The van der Waals surface area contributed by atoms with Crippen molar-refractivity contribution in [3.63, 3.8) is 0 Å². The van der Waals surface area contributed by atoms with E-state index in [-0.39, 0.29) is 12.4 Å². The third kappa shape index (κ3) is 4.54. The Morgan fingerprint density at radius 2 is 1.90 bits per heavy atom. The van der Waals surface area contributed by atoms with Gasteiger partial charge in [0, 0.05) is 19.1 Å². The van der Waals surface area contributed by atoms with Crippen LogP contribution in [0.15, 0.2) is 24.3 Å². The van der Waals surface area contributed by atoms with E-state index in [1.165, 1.54) is 6.42 Å². The van der Waals surface area contributed by atoms with Crippen LogP contribution >= 0.6 is 12.4 Å². The van der Waals surface area contributed by atoms with Crippen LogP contribution in [0.3, 0.4) is 0 Å². The molecule has 0 saturated carbocycles. The zero-order chi connectivity index (χ0) is 13.7. The molecule has 1 aromatic rings. The molecule has 1 heterocycles. The van der Waals surface area contributed by atoms with Crippen LogP contribution in [0.2, 0.25) is 0 Å². The van der Waals surface area contributed by atoms with Crippen LogP contribution in [-0.4, -0.2) is 44.3 Å². The van der Waals surface area contributed by atoms with Gasteiger partial charge in [-0.2, -0.15) is 0 Å². The molecular formula is C15H25ClN2O2. The minimum atomic E-state index is 0. The molecule has 5 heteroatoms. The summed E-state index contributed by atoms with van der Waals surface area (Å²) in [6, 6.07) is 8.33. The van der Waals surface area contributed by atoms with Crippen molar-refractivity contribution < 1.29 is 9.47 Å². The van der Waals surface area contributed by atoms with Gasteiger partial charge in [-0.15, -0.1) is 12.4 Å². The molecule has 0 amide bonds. The highest BCUT2D eigenvalue weighted by atomic mass is 35.5. The average molecular weight is 301 g/mol. The van der Waals surface area contributed by atoms with E-state index < -0.39 is 0 Å². The molecule has 0 aliphatic carbocycles. The third-order valence-electron chi connectivity index (χ3n) is 3.83. The number of rotatable bonds is 6. The number of hydrogen-bond donors (Lipinski definition) is 1. The highest BCUT2D eigenvalue weighted by molar-refractivity contribution is 5.85. The fourth-order valence-corrected chi connectivity index (χ4v) is 2.65. The quantitative estimate of drug-likeness (QED) is 0.875. The van der Waals surface area contributed by atoms with Gasteiger partial charge in [-0.25, -0.2) is 0 Å². The van der Waals surface area contributed by atoms with Gasteiger partial charge >= 0.3 is 0 Å². The number of methoxy groups -OCH3 is 1. The molecule has 4 nitrogen and oxygen atoms in total. The van der Waals surface area contributed by atoms with E-state index in [0.717, 1.165) is 31.1 Å². The number of nitrogens with zero attached hydrogens (tertiary/aromatic N) is 1. The number of likely N-dealkylation sites (tertiary alicyclic amines) is 1. The van der Waals surface area contributed by atoms with Gasteiger partial charge in [0.25, 0.3) is 0 Å². The first-order valence-corrected chi connectivity index (χ1v) is 6.94. The lowest BCUT2D eigenvalue weighted by Crippen LogP contribution is -2.32. The van der Waals surface area contributed by atoms with Gasteiger partial charge in [0.05, 0.1) is 7.11 Å². The molecule has 20 heavy (non-hydrogen) atoms. The van der Waals surface area contributed by atoms with Crippen LogP contribution < -0.4 is 15.2 Å². The summed E-state index contributed by atoms with van der Waals surface area (Å²) in [7, 11) is 1.67. The maximum atomic E-state index is 5.76. The van der Waals surface area contributed by atoms with E-state index in [1.54, 1.807) is 7.11 Å². The van der Waals surface area contributed by atoms with Gasteiger partial charge in [-0.1, -0.05) is 0 Å². The minimum Gasteiger partial charge on any atom is -0.497 e. The van der Waals surface area contributed by atoms with E-state index >= 15 is 0 Å². The zero-order valence-corrected chi connectivity index (χ0v) is 13.1. The summed E-state index contributed by atoms with van der Waals surface area (Å²) in [5, 5.41) is 0. The molecule has 0 bridgehead atoms. The van der Waals surface area contributed by atoms with E-state index in [0.29, 0.717) is 18.6 Å². The Bertz CT molecular complexity index is 386.